The molecule has 3 aromatic carbocycles. The van der Waals surface area contributed by atoms with Crippen LogP contribution in [0.15, 0.2) is 60.7 Å². The predicted molar refractivity (Wildman–Crippen MR) is 83.4 cm³/mol. The van der Waals surface area contributed by atoms with E-state index in [1.165, 1.54) is 28.3 Å². The summed E-state index contributed by atoms with van der Waals surface area (Å²) in [5.41, 5.74) is 6.91. The second-order valence-electron chi connectivity index (χ2n) is 5.41. The Bertz CT molecular complexity index is 850. The van der Waals surface area contributed by atoms with Crippen molar-refractivity contribution in [2.75, 3.05) is 0 Å². The van der Waals surface area contributed by atoms with Crippen molar-refractivity contribution in [1.82, 2.24) is 0 Å². The molecule has 0 amide bonds. The Labute approximate surface area is 122 Å². The average molecular weight is 274 g/mol. The lowest BCUT2D eigenvalue weighted by molar-refractivity contribution is 0.452. The molecule has 0 unspecified atom stereocenters. The van der Waals surface area contributed by atoms with E-state index in [9.17, 15) is 10.2 Å². The Morgan fingerprint density at radius 2 is 1.43 bits per heavy atom. The van der Waals surface area contributed by atoms with Crippen LogP contribution in [0.25, 0.3) is 22.3 Å². The van der Waals surface area contributed by atoms with Gasteiger partial charge in [-0.25, -0.2) is 0 Å². The zero-order valence-corrected chi connectivity index (χ0v) is 11.4. The van der Waals surface area contributed by atoms with Gasteiger partial charge >= 0.3 is 0 Å². The first-order chi connectivity index (χ1) is 10.2. The summed E-state index contributed by atoms with van der Waals surface area (Å²) in [6.07, 6.45) is 0.929. The molecule has 1 aliphatic carbocycles. The highest BCUT2D eigenvalue weighted by atomic mass is 16.3. The third kappa shape index (κ3) is 1.88. The normalized spacial score (nSPS) is 12.0. The van der Waals surface area contributed by atoms with Crippen molar-refractivity contribution in [2.45, 2.75) is 6.42 Å². The topological polar surface area (TPSA) is 40.5 Å². The minimum atomic E-state index is 0.0739. The molecule has 102 valence electrons. The van der Waals surface area contributed by atoms with E-state index in [1.54, 1.807) is 12.1 Å². The van der Waals surface area contributed by atoms with Crippen molar-refractivity contribution < 1.29 is 10.2 Å². The van der Waals surface area contributed by atoms with Gasteiger partial charge in [-0.3, -0.25) is 0 Å². The molecule has 0 fully saturated rings. The number of aromatic hydroxyl groups is 2. The second-order valence-corrected chi connectivity index (χ2v) is 5.41. The fourth-order valence-electron chi connectivity index (χ4n) is 3.08. The molecule has 0 saturated heterocycles. The van der Waals surface area contributed by atoms with Gasteiger partial charge in [0.05, 0.1) is 0 Å². The van der Waals surface area contributed by atoms with Gasteiger partial charge in [0.2, 0.25) is 0 Å². The predicted octanol–water partition coefficient (Wildman–Crippen LogP) is 4.34. The number of hydrogen-bond donors (Lipinski definition) is 2. The molecule has 0 spiro atoms. The number of rotatable bonds is 1. The monoisotopic (exact) mass is 274 g/mol. The smallest absolute Gasteiger partial charge is 0.127 e. The lowest BCUT2D eigenvalue weighted by Crippen LogP contribution is -1.84. The molecular formula is C19H14O2. The summed E-state index contributed by atoms with van der Waals surface area (Å²) >= 11 is 0. The van der Waals surface area contributed by atoms with Crippen LogP contribution in [0.5, 0.6) is 11.5 Å². The molecule has 2 heteroatoms. The minimum absolute atomic E-state index is 0.0739. The summed E-state index contributed by atoms with van der Waals surface area (Å²) in [5.74, 6) is 0.176. The SMILES string of the molecule is Oc1ccc(-c2ccc3c(c2)Cc2ccccc2-3)c(O)c1. The summed E-state index contributed by atoms with van der Waals surface area (Å²) in [7, 11) is 0. The van der Waals surface area contributed by atoms with E-state index in [2.05, 4.69) is 36.4 Å². The molecule has 0 aliphatic heterocycles. The van der Waals surface area contributed by atoms with Gasteiger partial charge in [-0.1, -0.05) is 42.5 Å². The van der Waals surface area contributed by atoms with Crippen LogP contribution < -0.4 is 0 Å². The Morgan fingerprint density at radius 3 is 2.29 bits per heavy atom. The molecule has 0 saturated carbocycles. The molecule has 2 nitrogen and oxygen atoms in total. The lowest BCUT2D eigenvalue weighted by atomic mass is 9.98. The maximum atomic E-state index is 10.0. The van der Waals surface area contributed by atoms with E-state index in [-0.39, 0.29) is 11.5 Å². The van der Waals surface area contributed by atoms with Gasteiger partial charge in [0, 0.05) is 11.6 Å². The molecule has 0 atom stereocenters. The van der Waals surface area contributed by atoms with Crippen LogP contribution in [-0.4, -0.2) is 10.2 Å². The molecule has 0 heterocycles. The van der Waals surface area contributed by atoms with Crippen LogP contribution in [0, 0.1) is 0 Å². The van der Waals surface area contributed by atoms with Crippen LogP contribution in [0.3, 0.4) is 0 Å². The fourth-order valence-corrected chi connectivity index (χ4v) is 3.08. The van der Waals surface area contributed by atoms with Gasteiger partial charge in [0.25, 0.3) is 0 Å². The van der Waals surface area contributed by atoms with E-state index in [0.717, 1.165) is 17.5 Å². The van der Waals surface area contributed by atoms with Crippen molar-refractivity contribution >= 4 is 0 Å². The number of phenolic OH excluding ortho intramolecular Hbond substituents is 2. The summed E-state index contributed by atoms with van der Waals surface area (Å²) in [4.78, 5) is 0. The van der Waals surface area contributed by atoms with Crippen molar-refractivity contribution in [3.8, 4) is 33.8 Å². The number of benzene rings is 3. The number of hydrogen-bond acceptors (Lipinski definition) is 2. The first-order valence-electron chi connectivity index (χ1n) is 6.96. The van der Waals surface area contributed by atoms with E-state index in [1.807, 2.05) is 6.07 Å². The third-order valence-corrected chi connectivity index (χ3v) is 4.09. The van der Waals surface area contributed by atoms with Crippen LogP contribution in [0.2, 0.25) is 0 Å². The van der Waals surface area contributed by atoms with Crippen LogP contribution in [0.4, 0.5) is 0 Å². The Balaban J connectivity index is 1.83. The van der Waals surface area contributed by atoms with E-state index < -0.39 is 0 Å². The molecule has 0 bridgehead atoms. The lowest BCUT2D eigenvalue weighted by Gasteiger charge is -2.08. The van der Waals surface area contributed by atoms with Crippen LogP contribution in [-0.2, 0) is 6.42 Å². The van der Waals surface area contributed by atoms with Crippen LogP contribution in [0.1, 0.15) is 11.1 Å². The quantitative estimate of drug-likeness (QED) is 0.542. The minimum Gasteiger partial charge on any atom is -0.508 e. The zero-order valence-electron chi connectivity index (χ0n) is 11.4. The van der Waals surface area contributed by atoms with Crippen molar-refractivity contribution in [1.29, 1.82) is 0 Å². The largest absolute Gasteiger partial charge is 0.508 e. The standard InChI is InChI=1S/C19H14O2/c20-15-6-8-18(19(21)11-15)13-5-7-17-14(10-13)9-12-3-1-2-4-16(12)17/h1-8,10-11,20-21H,9H2. The highest BCUT2D eigenvalue weighted by molar-refractivity contribution is 5.81. The van der Waals surface area contributed by atoms with Gasteiger partial charge in [0.1, 0.15) is 11.5 Å². The van der Waals surface area contributed by atoms with Crippen molar-refractivity contribution in [2.24, 2.45) is 0 Å². The Kier molecular flexibility index (Phi) is 2.51. The molecule has 1 aliphatic rings. The summed E-state index contributed by atoms with van der Waals surface area (Å²) in [6, 6.07) is 19.4. The van der Waals surface area contributed by atoms with Crippen molar-refractivity contribution in [3.05, 3.63) is 71.8 Å². The second kappa shape index (κ2) is 4.38. The van der Waals surface area contributed by atoms with Gasteiger partial charge in [-0.15, -0.1) is 0 Å². The van der Waals surface area contributed by atoms with E-state index >= 15 is 0 Å². The molecule has 21 heavy (non-hydrogen) atoms. The molecule has 0 aromatic heterocycles. The average Bonchev–Trinajstić information content (AvgIpc) is 2.84. The summed E-state index contributed by atoms with van der Waals surface area (Å²) in [5, 5.41) is 19.4. The van der Waals surface area contributed by atoms with E-state index in [0.29, 0.717) is 0 Å². The molecule has 0 radical (unpaired) electrons. The van der Waals surface area contributed by atoms with Gasteiger partial charge in [-0.2, -0.15) is 0 Å². The van der Waals surface area contributed by atoms with Gasteiger partial charge < -0.3 is 10.2 Å². The van der Waals surface area contributed by atoms with Crippen LogP contribution >= 0.6 is 0 Å². The number of phenols is 2. The fraction of sp³-hybridized carbons (Fsp3) is 0.0526. The summed E-state index contributed by atoms with van der Waals surface area (Å²) < 4.78 is 0. The maximum Gasteiger partial charge on any atom is 0.127 e. The zero-order chi connectivity index (χ0) is 14.4. The molecule has 4 rings (SSSR count). The van der Waals surface area contributed by atoms with Gasteiger partial charge in [-0.05, 0) is 46.4 Å². The highest BCUT2D eigenvalue weighted by Crippen LogP contribution is 2.40. The Morgan fingerprint density at radius 1 is 0.667 bits per heavy atom. The number of fused-ring (bicyclic) bond motifs is 3. The van der Waals surface area contributed by atoms with Gasteiger partial charge in [0.15, 0.2) is 0 Å². The maximum absolute atomic E-state index is 10.0. The molecule has 3 aromatic rings. The first-order valence-corrected chi connectivity index (χ1v) is 6.96. The highest BCUT2D eigenvalue weighted by Gasteiger charge is 2.18. The molecular weight excluding hydrogens is 260 g/mol. The molecule has 2 N–H and O–H groups in total. The first kappa shape index (κ1) is 12.0. The Hall–Kier alpha value is -2.74. The van der Waals surface area contributed by atoms with Crippen molar-refractivity contribution in [3.63, 3.8) is 0 Å². The summed E-state index contributed by atoms with van der Waals surface area (Å²) in [6.45, 7) is 0. The van der Waals surface area contributed by atoms with E-state index in [4.69, 9.17) is 0 Å². The third-order valence-electron chi connectivity index (χ3n) is 4.09.